The Balaban J connectivity index is 1.45. The highest BCUT2D eigenvalue weighted by Gasteiger charge is 2.38. The van der Waals surface area contributed by atoms with Crippen molar-refractivity contribution in [2.45, 2.75) is 25.3 Å². The summed E-state index contributed by atoms with van der Waals surface area (Å²) >= 11 is 15.8. The number of nitrogens with one attached hydrogen (secondary N) is 2. The minimum absolute atomic E-state index is 0.165. The molecule has 37 heavy (non-hydrogen) atoms. The minimum Gasteiger partial charge on any atom is -0.367 e. The van der Waals surface area contributed by atoms with Crippen LogP contribution in [0.2, 0.25) is 10.0 Å². The first-order valence-electron chi connectivity index (χ1n) is 12.2. The first kappa shape index (κ1) is 25.9. The van der Waals surface area contributed by atoms with E-state index in [1.807, 2.05) is 29.0 Å². The van der Waals surface area contributed by atoms with Gasteiger partial charge in [0.1, 0.15) is 11.7 Å². The predicted octanol–water partition coefficient (Wildman–Crippen LogP) is 4.91. The maximum Gasteiger partial charge on any atom is 0.255 e. The van der Waals surface area contributed by atoms with Crippen molar-refractivity contribution in [3.63, 3.8) is 0 Å². The lowest BCUT2D eigenvalue weighted by Gasteiger charge is -2.42. The van der Waals surface area contributed by atoms with E-state index in [-0.39, 0.29) is 17.5 Å². The van der Waals surface area contributed by atoms with Crippen molar-refractivity contribution in [3.8, 4) is 0 Å². The Labute approximate surface area is 233 Å². The van der Waals surface area contributed by atoms with Crippen molar-refractivity contribution >= 4 is 73.8 Å². The van der Waals surface area contributed by atoms with Gasteiger partial charge in [0.2, 0.25) is 5.91 Å². The van der Waals surface area contributed by atoms with Crippen molar-refractivity contribution in [2.75, 3.05) is 36.4 Å². The van der Waals surface area contributed by atoms with Gasteiger partial charge in [-0.25, -0.2) is 4.79 Å². The number of benzene rings is 2. The lowest BCUT2D eigenvalue weighted by Crippen LogP contribution is -2.61. The van der Waals surface area contributed by atoms with Crippen LogP contribution in [-0.4, -0.2) is 54.9 Å². The fraction of sp³-hybridized carbons (Fsp3) is 0.333. The Hall–Kier alpha value is -2.77. The SMILES string of the molecule is O=C=C1C=C(C(=O)N2CCN(c3ccc(Cl)c(Cl)c3)CC2C(=O)NCC2CCC2)c2cc(Br)ccc2N1. The molecule has 0 spiro atoms. The van der Waals surface area contributed by atoms with Crippen LogP contribution in [0.25, 0.3) is 5.57 Å². The van der Waals surface area contributed by atoms with Crippen LogP contribution in [0.1, 0.15) is 24.8 Å². The molecule has 1 saturated heterocycles. The number of allylic oxidation sites excluding steroid dienone is 1. The Morgan fingerprint density at radius 1 is 1.11 bits per heavy atom. The summed E-state index contributed by atoms with van der Waals surface area (Å²) in [5.41, 5.74) is 2.62. The highest BCUT2D eigenvalue weighted by molar-refractivity contribution is 9.10. The van der Waals surface area contributed by atoms with Crippen LogP contribution >= 0.6 is 39.1 Å². The average Bonchev–Trinajstić information content (AvgIpc) is 2.88. The van der Waals surface area contributed by atoms with Gasteiger partial charge in [0, 0.05) is 47.6 Å². The number of carbonyl (C=O) groups excluding carboxylic acids is 3. The molecule has 2 fully saturated rings. The maximum absolute atomic E-state index is 14.0. The number of carbonyl (C=O) groups is 2. The van der Waals surface area contributed by atoms with E-state index in [0.717, 1.165) is 23.0 Å². The van der Waals surface area contributed by atoms with E-state index >= 15 is 0 Å². The first-order valence-corrected chi connectivity index (χ1v) is 13.7. The van der Waals surface area contributed by atoms with Crippen LogP contribution in [0, 0.1) is 5.92 Å². The minimum atomic E-state index is -0.731. The van der Waals surface area contributed by atoms with E-state index in [1.54, 1.807) is 23.1 Å². The molecule has 2 heterocycles. The zero-order chi connectivity index (χ0) is 26.1. The smallest absolute Gasteiger partial charge is 0.255 e. The van der Waals surface area contributed by atoms with Gasteiger partial charge in [-0.1, -0.05) is 45.6 Å². The third-order valence-electron chi connectivity index (χ3n) is 7.17. The second-order valence-electron chi connectivity index (χ2n) is 9.49. The molecule has 2 aromatic carbocycles. The van der Waals surface area contributed by atoms with Crippen LogP contribution < -0.4 is 15.5 Å². The van der Waals surface area contributed by atoms with Crippen LogP contribution in [0.4, 0.5) is 11.4 Å². The number of fused-ring (bicyclic) bond motifs is 1. The van der Waals surface area contributed by atoms with E-state index < -0.39 is 6.04 Å². The summed E-state index contributed by atoms with van der Waals surface area (Å²) in [6.45, 7) is 1.72. The van der Waals surface area contributed by atoms with E-state index in [1.165, 1.54) is 12.5 Å². The summed E-state index contributed by atoms with van der Waals surface area (Å²) in [5, 5.41) is 6.95. The number of hydrogen-bond donors (Lipinski definition) is 2. The Morgan fingerprint density at radius 3 is 2.62 bits per heavy atom. The van der Waals surface area contributed by atoms with Gasteiger partial charge in [-0.15, -0.1) is 0 Å². The Kier molecular flexibility index (Phi) is 7.63. The molecule has 1 unspecified atom stereocenters. The van der Waals surface area contributed by atoms with Crippen LogP contribution in [0.5, 0.6) is 0 Å². The molecule has 192 valence electrons. The molecule has 0 radical (unpaired) electrons. The van der Waals surface area contributed by atoms with Gasteiger partial charge in [0.15, 0.2) is 5.94 Å². The van der Waals surface area contributed by atoms with Crippen molar-refractivity contribution in [1.82, 2.24) is 10.2 Å². The van der Waals surface area contributed by atoms with E-state index in [4.69, 9.17) is 23.2 Å². The number of nitrogens with zero attached hydrogens (tertiary/aromatic N) is 2. The average molecular weight is 604 g/mol. The molecular formula is C27H25BrCl2N4O3. The van der Waals surface area contributed by atoms with E-state index in [2.05, 4.69) is 26.6 Å². The molecule has 1 aliphatic carbocycles. The number of rotatable bonds is 5. The van der Waals surface area contributed by atoms with Crippen molar-refractivity contribution in [3.05, 3.63) is 68.3 Å². The van der Waals surface area contributed by atoms with Crippen molar-refractivity contribution in [1.29, 1.82) is 0 Å². The largest absolute Gasteiger partial charge is 0.367 e. The molecule has 1 atom stereocenters. The normalized spacial score (nSPS) is 19.3. The zero-order valence-corrected chi connectivity index (χ0v) is 23.0. The van der Waals surface area contributed by atoms with Gasteiger partial charge in [-0.2, -0.15) is 0 Å². The Morgan fingerprint density at radius 2 is 1.92 bits per heavy atom. The molecule has 3 aliphatic rings. The van der Waals surface area contributed by atoms with Gasteiger partial charge in [0.25, 0.3) is 5.91 Å². The van der Waals surface area contributed by atoms with E-state index in [0.29, 0.717) is 59.0 Å². The molecule has 1 saturated carbocycles. The van der Waals surface area contributed by atoms with Crippen molar-refractivity contribution in [2.24, 2.45) is 5.92 Å². The molecule has 5 rings (SSSR count). The van der Waals surface area contributed by atoms with Crippen molar-refractivity contribution < 1.29 is 14.4 Å². The molecular weight excluding hydrogens is 579 g/mol. The summed E-state index contributed by atoms with van der Waals surface area (Å²) in [6.07, 6.45) is 4.90. The van der Waals surface area contributed by atoms with Gasteiger partial charge < -0.3 is 20.4 Å². The quantitative estimate of drug-likeness (QED) is 0.475. The van der Waals surface area contributed by atoms with Gasteiger partial charge in [-0.05, 0) is 61.2 Å². The second-order valence-corrected chi connectivity index (χ2v) is 11.2. The number of hydrogen-bond acceptors (Lipinski definition) is 5. The fourth-order valence-electron chi connectivity index (χ4n) is 4.86. The maximum atomic E-state index is 14.0. The van der Waals surface area contributed by atoms with Crippen LogP contribution in [0.15, 0.2) is 52.6 Å². The number of halogens is 3. The second kappa shape index (κ2) is 10.9. The third-order valence-corrected chi connectivity index (χ3v) is 8.40. The predicted molar refractivity (Wildman–Crippen MR) is 149 cm³/mol. The highest BCUT2D eigenvalue weighted by atomic mass is 79.9. The topological polar surface area (TPSA) is 81.8 Å². The molecule has 2 aliphatic heterocycles. The summed E-state index contributed by atoms with van der Waals surface area (Å²) in [5.74, 6) is 1.83. The lowest BCUT2D eigenvalue weighted by atomic mass is 9.85. The zero-order valence-electron chi connectivity index (χ0n) is 19.9. The van der Waals surface area contributed by atoms with Crippen LogP contribution in [-0.2, 0) is 14.4 Å². The monoisotopic (exact) mass is 602 g/mol. The summed E-state index contributed by atoms with van der Waals surface area (Å²) in [7, 11) is 0. The standard InChI is InChI=1S/C27H25BrCl2N4O3/c28-17-4-7-24-20(10-17)21(11-18(15-35)32-24)27(37)34-9-8-33(19-5-6-22(29)23(30)12-19)14-25(34)26(36)31-13-16-2-1-3-16/h4-7,10-12,16,25,32H,1-3,8-9,13-14H2,(H,31,36). The summed E-state index contributed by atoms with van der Waals surface area (Å²) in [6, 6.07) is 10.1. The molecule has 7 nitrogen and oxygen atoms in total. The van der Waals surface area contributed by atoms with Gasteiger partial charge in [-0.3, -0.25) is 9.59 Å². The first-order chi connectivity index (χ1) is 17.8. The Bertz CT molecular complexity index is 1340. The molecule has 2 N–H and O–H groups in total. The van der Waals surface area contributed by atoms with E-state index in [9.17, 15) is 14.4 Å². The lowest BCUT2D eigenvalue weighted by molar-refractivity contribution is -0.137. The number of piperazine rings is 1. The molecule has 0 aromatic heterocycles. The summed E-state index contributed by atoms with van der Waals surface area (Å²) in [4.78, 5) is 42.6. The fourth-order valence-corrected chi connectivity index (χ4v) is 5.52. The summed E-state index contributed by atoms with van der Waals surface area (Å²) < 4.78 is 0.796. The molecule has 0 bridgehead atoms. The molecule has 10 heteroatoms. The van der Waals surface area contributed by atoms with Gasteiger partial charge in [0.05, 0.1) is 15.6 Å². The highest BCUT2D eigenvalue weighted by Crippen LogP contribution is 2.35. The van der Waals surface area contributed by atoms with Crippen LogP contribution in [0.3, 0.4) is 0 Å². The third kappa shape index (κ3) is 5.43. The number of anilines is 2. The molecule has 2 aromatic rings. The number of amides is 2. The van der Waals surface area contributed by atoms with Gasteiger partial charge >= 0.3 is 0 Å². The molecule has 2 amide bonds.